The number of nitrogens with zero attached hydrogens (tertiary/aromatic N) is 1. The van der Waals surface area contributed by atoms with Crippen LogP contribution in [0.1, 0.15) is 30.4 Å². The molecule has 1 aliphatic heterocycles. The maximum atomic E-state index is 9.16. The molecule has 0 radical (unpaired) electrons. The third kappa shape index (κ3) is 4.01. The van der Waals surface area contributed by atoms with Crippen LogP contribution in [0.3, 0.4) is 0 Å². The van der Waals surface area contributed by atoms with E-state index in [9.17, 15) is 0 Å². The Morgan fingerprint density at radius 2 is 1.33 bits per heavy atom. The van der Waals surface area contributed by atoms with Crippen molar-refractivity contribution in [2.45, 2.75) is 24.7 Å². The number of piperidine rings is 1. The average molecular weight is 437 g/mol. The summed E-state index contributed by atoms with van der Waals surface area (Å²) < 4.78 is 1.09. The predicted octanol–water partition coefficient (Wildman–Crippen LogP) is 0.600. The lowest BCUT2D eigenvalue weighted by molar-refractivity contribution is -0.915. The summed E-state index contributed by atoms with van der Waals surface area (Å²) in [5.74, 6) is 0. The first-order valence-corrected chi connectivity index (χ1v) is 8.74. The van der Waals surface area contributed by atoms with Crippen LogP contribution in [0.4, 0.5) is 0 Å². The van der Waals surface area contributed by atoms with Gasteiger partial charge in [-0.25, -0.2) is 0 Å². The minimum Gasteiger partial charge on any atom is -1.00 e. The average Bonchev–Trinajstić information content (AvgIpc) is 2.63. The molecule has 2 nitrogen and oxygen atoms in total. The monoisotopic (exact) mass is 437 g/mol. The van der Waals surface area contributed by atoms with Crippen LogP contribution in [-0.2, 0) is 5.41 Å². The molecule has 0 bridgehead atoms. The lowest BCUT2D eigenvalue weighted by Gasteiger charge is -2.47. The molecular formula is C21H28INO. The number of rotatable bonds is 5. The summed E-state index contributed by atoms with van der Waals surface area (Å²) in [5, 5.41) is 9.16. The highest BCUT2D eigenvalue weighted by molar-refractivity contribution is 5.39. The molecule has 0 unspecified atom stereocenters. The molecule has 0 aromatic heterocycles. The number of aliphatic hydroxyl groups excluding tert-OH is 1. The summed E-state index contributed by atoms with van der Waals surface area (Å²) in [6.45, 7) is 3.72. The molecular weight excluding hydrogens is 409 g/mol. The molecule has 0 spiro atoms. The molecule has 1 aliphatic rings. The highest BCUT2D eigenvalue weighted by Crippen LogP contribution is 2.43. The van der Waals surface area contributed by atoms with Gasteiger partial charge in [-0.2, -0.15) is 0 Å². The van der Waals surface area contributed by atoms with E-state index in [0.717, 1.165) is 17.4 Å². The Hall–Kier alpha value is -0.910. The van der Waals surface area contributed by atoms with Crippen molar-refractivity contribution in [2.75, 3.05) is 33.3 Å². The predicted molar refractivity (Wildman–Crippen MR) is 95.4 cm³/mol. The first kappa shape index (κ1) is 19.4. The van der Waals surface area contributed by atoms with Gasteiger partial charge in [0.15, 0.2) is 0 Å². The van der Waals surface area contributed by atoms with Crippen LogP contribution in [0.5, 0.6) is 0 Å². The van der Waals surface area contributed by atoms with Gasteiger partial charge in [0.05, 0.1) is 26.7 Å². The fourth-order valence-corrected chi connectivity index (χ4v) is 4.09. The van der Waals surface area contributed by atoms with Gasteiger partial charge in [0, 0.05) is 31.3 Å². The van der Waals surface area contributed by atoms with E-state index in [1.807, 2.05) is 0 Å². The first-order valence-electron chi connectivity index (χ1n) is 8.74. The lowest BCUT2D eigenvalue weighted by Crippen LogP contribution is -3.00. The molecule has 2 aromatic carbocycles. The summed E-state index contributed by atoms with van der Waals surface area (Å²) in [6, 6.07) is 22.0. The molecule has 1 fully saturated rings. The fraction of sp³-hybridized carbons (Fsp3) is 0.429. The molecule has 0 aliphatic carbocycles. The van der Waals surface area contributed by atoms with E-state index in [1.165, 1.54) is 37.1 Å². The van der Waals surface area contributed by atoms with Crippen molar-refractivity contribution in [1.82, 2.24) is 0 Å². The summed E-state index contributed by atoms with van der Waals surface area (Å²) in [7, 11) is 2.34. The second-order valence-corrected chi connectivity index (χ2v) is 7.18. The summed E-state index contributed by atoms with van der Waals surface area (Å²) in [5.41, 5.74) is 3.03. The fourth-order valence-electron chi connectivity index (χ4n) is 4.09. The number of hydrogen-bond donors (Lipinski definition) is 1. The maximum Gasteiger partial charge on any atom is 0.0806 e. The van der Waals surface area contributed by atoms with E-state index < -0.39 is 0 Å². The van der Waals surface area contributed by atoms with Crippen LogP contribution in [0.25, 0.3) is 0 Å². The van der Waals surface area contributed by atoms with Crippen LogP contribution in [0.15, 0.2) is 60.7 Å². The number of quaternary nitrogens is 1. The maximum absolute atomic E-state index is 9.16. The summed E-state index contributed by atoms with van der Waals surface area (Å²) >= 11 is 0. The highest BCUT2D eigenvalue weighted by Gasteiger charge is 2.42. The molecule has 24 heavy (non-hydrogen) atoms. The molecule has 0 atom stereocenters. The van der Waals surface area contributed by atoms with Crippen molar-refractivity contribution >= 4 is 0 Å². The lowest BCUT2D eigenvalue weighted by atomic mass is 9.67. The van der Waals surface area contributed by atoms with Gasteiger partial charge in [-0.1, -0.05) is 60.7 Å². The topological polar surface area (TPSA) is 20.2 Å². The van der Waals surface area contributed by atoms with E-state index in [2.05, 4.69) is 67.7 Å². The second kappa shape index (κ2) is 8.45. The van der Waals surface area contributed by atoms with Gasteiger partial charge in [0.2, 0.25) is 0 Å². The molecule has 0 amide bonds. The Morgan fingerprint density at radius 3 is 1.75 bits per heavy atom. The Morgan fingerprint density at radius 1 is 0.875 bits per heavy atom. The highest BCUT2D eigenvalue weighted by atomic mass is 127. The zero-order valence-corrected chi connectivity index (χ0v) is 16.7. The quantitative estimate of drug-likeness (QED) is 0.537. The number of likely N-dealkylation sites (tertiary alicyclic amines) is 1. The van der Waals surface area contributed by atoms with Crippen LogP contribution >= 0.6 is 0 Å². The van der Waals surface area contributed by atoms with Crippen molar-refractivity contribution in [3.05, 3.63) is 71.8 Å². The largest absolute Gasteiger partial charge is 1.00 e. The van der Waals surface area contributed by atoms with E-state index >= 15 is 0 Å². The molecule has 2 aromatic rings. The summed E-state index contributed by atoms with van der Waals surface area (Å²) in [4.78, 5) is 0. The standard InChI is InChI=1S/C21H28NO.HI/c1-22(15-8-18-23)16-13-21(14-17-22,19-9-4-2-5-10-19)20-11-6-3-7-12-20;/h2-7,9-12,23H,8,13-18H2,1H3;1H/q+1;/p-1. The van der Waals surface area contributed by atoms with Crippen molar-refractivity contribution in [1.29, 1.82) is 0 Å². The smallest absolute Gasteiger partial charge is 0.0806 e. The first-order chi connectivity index (χ1) is 11.2. The molecule has 1 saturated heterocycles. The number of halogens is 1. The van der Waals surface area contributed by atoms with Gasteiger partial charge in [-0.3, -0.25) is 0 Å². The molecule has 3 heteroatoms. The van der Waals surface area contributed by atoms with Crippen molar-refractivity contribution in [3.8, 4) is 0 Å². The van der Waals surface area contributed by atoms with Gasteiger partial charge < -0.3 is 33.6 Å². The van der Waals surface area contributed by atoms with Gasteiger partial charge in [0.1, 0.15) is 0 Å². The van der Waals surface area contributed by atoms with Crippen LogP contribution in [0.2, 0.25) is 0 Å². The normalized spacial score (nSPS) is 18.6. The Labute approximate surface area is 163 Å². The van der Waals surface area contributed by atoms with Crippen LogP contribution in [-0.4, -0.2) is 42.9 Å². The second-order valence-electron chi connectivity index (χ2n) is 7.18. The van der Waals surface area contributed by atoms with E-state index in [-0.39, 0.29) is 29.4 Å². The van der Waals surface area contributed by atoms with Crippen molar-refractivity contribution < 1.29 is 33.6 Å². The Kier molecular flexibility index (Phi) is 6.84. The minimum atomic E-state index is 0. The Bertz CT molecular complexity index is 565. The molecule has 130 valence electrons. The van der Waals surface area contributed by atoms with Crippen LogP contribution in [0, 0.1) is 0 Å². The number of aliphatic hydroxyl groups is 1. The van der Waals surface area contributed by atoms with E-state index in [0.29, 0.717) is 6.61 Å². The van der Waals surface area contributed by atoms with Crippen LogP contribution < -0.4 is 24.0 Å². The van der Waals surface area contributed by atoms with E-state index in [4.69, 9.17) is 5.11 Å². The van der Waals surface area contributed by atoms with Gasteiger partial charge >= 0.3 is 0 Å². The van der Waals surface area contributed by atoms with Gasteiger partial charge in [0.25, 0.3) is 0 Å². The Balaban J connectivity index is 0.00000208. The third-order valence-electron chi connectivity index (χ3n) is 5.67. The third-order valence-corrected chi connectivity index (χ3v) is 5.67. The molecule has 0 saturated carbocycles. The molecule has 1 N–H and O–H groups in total. The zero-order chi connectivity index (χ0) is 16.2. The number of hydrogen-bond acceptors (Lipinski definition) is 1. The SMILES string of the molecule is C[N+]1(CCCO)CCC(c2ccccc2)(c2ccccc2)CC1.[I-]. The summed E-state index contributed by atoms with van der Waals surface area (Å²) in [6.07, 6.45) is 3.24. The van der Waals surface area contributed by atoms with Crippen molar-refractivity contribution in [2.24, 2.45) is 0 Å². The van der Waals surface area contributed by atoms with Gasteiger partial charge in [-0.05, 0) is 11.1 Å². The molecule has 1 heterocycles. The van der Waals surface area contributed by atoms with Gasteiger partial charge in [-0.15, -0.1) is 0 Å². The van der Waals surface area contributed by atoms with E-state index in [1.54, 1.807) is 0 Å². The van der Waals surface area contributed by atoms with Crippen molar-refractivity contribution in [3.63, 3.8) is 0 Å². The molecule has 3 rings (SSSR count). The zero-order valence-electron chi connectivity index (χ0n) is 14.5. The number of benzene rings is 2. The minimum absolute atomic E-state index is 0.